The number of ether oxygens (including phenoxy) is 3. The van der Waals surface area contributed by atoms with Crippen molar-refractivity contribution < 1.29 is 31.4 Å². The molecule has 0 saturated carbocycles. The third-order valence-electron chi connectivity index (χ3n) is 5.99. The molecule has 10 heteroatoms. The number of morpholine rings is 1. The van der Waals surface area contributed by atoms with Crippen molar-refractivity contribution in [3.05, 3.63) is 24.3 Å². The SMILES string of the molecule is O=S(=O)(c1ccc(OC(F)F)cc1)C1(N2CCOCC2)COC12CCNCC2. The van der Waals surface area contributed by atoms with E-state index in [1.807, 2.05) is 4.90 Å². The monoisotopic (exact) mass is 418 g/mol. The summed E-state index contributed by atoms with van der Waals surface area (Å²) < 4.78 is 68.3. The molecule has 28 heavy (non-hydrogen) atoms. The van der Waals surface area contributed by atoms with Crippen LogP contribution in [-0.2, 0) is 19.3 Å². The van der Waals surface area contributed by atoms with Crippen LogP contribution >= 0.6 is 0 Å². The summed E-state index contributed by atoms with van der Waals surface area (Å²) in [7, 11) is -3.84. The van der Waals surface area contributed by atoms with Gasteiger partial charge < -0.3 is 19.5 Å². The Hall–Kier alpha value is -1.33. The van der Waals surface area contributed by atoms with Gasteiger partial charge in [0, 0.05) is 13.1 Å². The molecular weight excluding hydrogens is 394 g/mol. The highest BCUT2D eigenvalue weighted by Gasteiger charge is 2.71. The standard InChI is InChI=1S/C18H24F2N2O5S/c19-16(20)27-14-1-3-15(4-2-14)28(23,24)18(22-9-11-25-12-10-22)13-26-17(18)5-7-21-8-6-17/h1-4,16,21H,5-13H2. The van der Waals surface area contributed by atoms with Gasteiger partial charge >= 0.3 is 6.61 Å². The summed E-state index contributed by atoms with van der Waals surface area (Å²) in [5.74, 6) is -0.0733. The highest BCUT2D eigenvalue weighted by Crippen LogP contribution is 2.53. The first-order chi connectivity index (χ1) is 13.4. The summed E-state index contributed by atoms with van der Waals surface area (Å²) in [4.78, 5) is 0.878. The normalized spacial score (nSPS) is 28.2. The zero-order chi connectivity index (χ0) is 19.8. The second-order valence-electron chi connectivity index (χ2n) is 7.27. The van der Waals surface area contributed by atoms with Gasteiger partial charge in [-0.1, -0.05) is 0 Å². The molecule has 1 aromatic carbocycles. The van der Waals surface area contributed by atoms with Gasteiger partial charge in [0.2, 0.25) is 9.84 Å². The van der Waals surface area contributed by atoms with E-state index >= 15 is 0 Å². The van der Waals surface area contributed by atoms with E-state index in [-0.39, 0.29) is 17.3 Å². The third-order valence-corrected chi connectivity index (χ3v) is 8.52. The van der Waals surface area contributed by atoms with Crippen LogP contribution in [0.4, 0.5) is 8.78 Å². The zero-order valence-electron chi connectivity index (χ0n) is 15.4. The average molecular weight is 418 g/mol. The second-order valence-corrected chi connectivity index (χ2v) is 9.42. The van der Waals surface area contributed by atoms with E-state index in [4.69, 9.17) is 9.47 Å². The lowest BCUT2D eigenvalue weighted by Gasteiger charge is -2.63. The maximum absolute atomic E-state index is 13.9. The van der Waals surface area contributed by atoms with Crippen molar-refractivity contribution in [1.82, 2.24) is 10.2 Å². The summed E-state index contributed by atoms with van der Waals surface area (Å²) in [5, 5.41) is 3.26. The molecule has 0 aromatic heterocycles. The summed E-state index contributed by atoms with van der Waals surface area (Å²) in [5.41, 5.74) is -0.785. The molecule has 3 heterocycles. The molecule has 0 amide bonds. The second kappa shape index (κ2) is 7.49. The predicted molar refractivity (Wildman–Crippen MR) is 96.2 cm³/mol. The van der Waals surface area contributed by atoms with Crippen LogP contribution in [0.15, 0.2) is 29.2 Å². The number of rotatable bonds is 5. The summed E-state index contributed by atoms with van der Waals surface area (Å²) in [6, 6.07) is 5.20. The summed E-state index contributed by atoms with van der Waals surface area (Å²) in [6.45, 7) is 0.435. The highest BCUT2D eigenvalue weighted by atomic mass is 32.2. The van der Waals surface area contributed by atoms with E-state index in [9.17, 15) is 17.2 Å². The molecule has 3 fully saturated rings. The molecule has 1 spiro atoms. The largest absolute Gasteiger partial charge is 0.435 e. The number of hydrogen-bond donors (Lipinski definition) is 1. The molecule has 7 nitrogen and oxygen atoms in total. The molecule has 0 bridgehead atoms. The van der Waals surface area contributed by atoms with Gasteiger partial charge in [0.05, 0.1) is 24.7 Å². The maximum Gasteiger partial charge on any atom is 0.387 e. The van der Waals surface area contributed by atoms with E-state index in [0.29, 0.717) is 52.2 Å². The zero-order valence-corrected chi connectivity index (χ0v) is 16.2. The first kappa shape index (κ1) is 20.0. The summed E-state index contributed by atoms with van der Waals surface area (Å²) in [6.07, 6.45) is 1.19. The van der Waals surface area contributed by atoms with Crippen LogP contribution in [0.5, 0.6) is 5.75 Å². The molecule has 1 unspecified atom stereocenters. The van der Waals surface area contributed by atoms with Crippen molar-refractivity contribution in [3.8, 4) is 5.75 Å². The van der Waals surface area contributed by atoms with Crippen molar-refractivity contribution >= 4 is 9.84 Å². The Morgan fingerprint density at radius 2 is 1.75 bits per heavy atom. The predicted octanol–water partition coefficient (Wildman–Crippen LogP) is 1.24. The molecular formula is C18H24F2N2O5S. The number of sulfone groups is 1. The average Bonchev–Trinajstić information content (AvgIpc) is 2.69. The fourth-order valence-corrected chi connectivity index (χ4v) is 6.93. The van der Waals surface area contributed by atoms with E-state index in [1.54, 1.807) is 0 Å². The topological polar surface area (TPSA) is 77.1 Å². The highest BCUT2D eigenvalue weighted by molar-refractivity contribution is 7.93. The van der Waals surface area contributed by atoms with Crippen LogP contribution in [-0.4, -0.2) is 76.4 Å². The van der Waals surface area contributed by atoms with Crippen molar-refractivity contribution in [2.75, 3.05) is 46.0 Å². The van der Waals surface area contributed by atoms with Gasteiger partial charge in [-0.3, -0.25) is 4.90 Å². The molecule has 1 aromatic rings. The molecule has 1 N–H and O–H groups in total. The minimum Gasteiger partial charge on any atom is -0.435 e. The van der Waals surface area contributed by atoms with Crippen LogP contribution in [0.1, 0.15) is 12.8 Å². The van der Waals surface area contributed by atoms with Gasteiger partial charge in [0.15, 0.2) is 4.87 Å². The number of nitrogens with one attached hydrogen (secondary N) is 1. The Kier molecular flexibility index (Phi) is 5.34. The molecule has 156 valence electrons. The van der Waals surface area contributed by atoms with Gasteiger partial charge in [-0.05, 0) is 50.2 Å². The number of alkyl halides is 2. The summed E-state index contributed by atoms with van der Waals surface area (Å²) >= 11 is 0. The lowest BCUT2D eigenvalue weighted by Crippen LogP contribution is -2.81. The van der Waals surface area contributed by atoms with Crippen LogP contribution < -0.4 is 10.1 Å². The fraction of sp³-hybridized carbons (Fsp3) is 0.667. The van der Waals surface area contributed by atoms with Crippen molar-refractivity contribution in [2.24, 2.45) is 0 Å². The Morgan fingerprint density at radius 1 is 1.11 bits per heavy atom. The van der Waals surface area contributed by atoms with Gasteiger partial charge in [-0.15, -0.1) is 0 Å². The quantitative estimate of drug-likeness (QED) is 0.771. The maximum atomic E-state index is 13.9. The van der Waals surface area contributed by atoms with E-state index in [1.165, 1.54) is 24.3 Å². The Balaban J connectivity index is 1.73. The number of piperidine rings is 1. The Morgan fingerprint density at radius 3 is 2.29 bits per heavy atom. The number of benzene rings is 1. The number of hydrogen-bond acceptors (Lipinski definition) is 7. The third kappa shape index (κ3) is 3.02. The van der Waals surface area contributed by atoms with Crippen molar-refractivity contribution in [2.45, 2.75) is 34.8 Å². The first-order valence-corrected chi connectivity index (χ1v) is 10.9. The Bertz CT molecular complexity index is 793. The Labute approximate surface area is 162 Å². The van der Waals surface area contributed by atoms with Crippen LogP contribution in [0.25, 0.3) is 0 Å². The molecule has 3 saturated heterocycles. The van der Waals surface area contributed by atoms with Crippen LogP contribution in [0, 0.1) is 0 Å². The smallest absolute Gasteiger partial charge is 0.387 e. The minimum atomic E-state index is -3.84. The van der Waals surface area contributed by atoms with Gasteiger partial charge in [-0.25, -0.2) is 8.42 Å². The van der Waals surface area contributed by atoms with Gasteiger partial charge in [-0.2, -0.15) is 8.78 Å². The van der Waals surface area contributed by atoms with Crippen molar-refractivity contribution in [1.29, 1.82) is 0 Å². The minimum absolute atomic E-state index is 0.0733. The van der Waals surface area contributed by atoms with Crippen LogP contribution in [0.3, 0.4) is 0 Å². The fourth-order valence-electron chi connectivity index (χ4n) is 4.56. The molecule has 3 aliphatic heterocycles. The number of nitrogens with zero attached hydrogens (tertiary/aromatic N) is 1. The number of halogens is 2. The van der Waals surface area contributed by atoms with E-state index < -0.39 is 26.9 Å². The van der Waals surface area contributed by atoms with Gasteiger partial charge in [0.25, 0.3) is 0 Å². The van der Waals surface area contributed by atoms with Crippen molar-refractivity contribution in [3.63, 3.8) is 0 Å². The van der Waals surface area contributed by atoms with Gasteiger partial charge in [0.1, 0.15) is 11.4 Å². The molecule has 0 radical (unpaired) electrons. The van der Waals surface area contributed by atoms with Crippen LogP contribution in [0.2, 0.25) is 0 Å². The molecule has 3 aliphatic rings. The lowest BCUT2D eigenvalue weighted by atomic mass is 9.78. The molecule has 1 atom stereocenters. The van der Waals surface area contributed by atoms with E-state index in [0.717, 1.165) is 0 Å². The molecule has 0 aliphatic carbocycles. The lowest BCUT2D eigenvalue weighted by molar-refractivity contribution is -0.253. The first-order valence-electron chi connectivity index (χ1n) is 9.38. The van der Waals surface area contributed by atoms with E-state index in [2.05, 4.69) is 10.1 Å². The molecule has 4 rings (SSSR count).